The average molecular weight is 353 g/mol. The number of rotatable bonds is 4. The highest BCUT2D eigenvalue weighted by molar-refractivity contribution is 5.87. The van der Waals surface area contributed by atoms with Crippen molar-refractivity contribution >= 4 is 5.69 Å². The van der Waals surface area contributed by atoms with Crippen LogP contribution in [0.1, 0.15) is 5.56 Å². The van der Waals surface area contributed by atoms with Gasteiger partial charge in [0.15, 0.2) is 0 Å². The van der Waals surface area contributed by atoms with E-state index in [4.69, 9.17) is 5.10 Å². The van der Waals surface area contributed by atoms with Crippen LogP contribution in [-0.4, -0.2) is 23.9 Å². The lowest BCUT2D eigenvalue weighted by Gasteiger charge is -2.17. The number of nitrogens with zero attached hydrogens (tertiary/aromatic N) is 3. The molecule has 0 aliphatic heterocycles. The van der Waals surface area contributed by atoms with Gasteiger partial charge in [0, 0.05) is 42.7 Å². The zero-order chi connectivity index (χ0) is 18.8. The Labute approximate surface area is 160 Å². The second-order valence-electron chi connectivity index (χ2n) is 6.95. The van der Waals surface area contributed by atoms with Crippen LogP contribution in [0.4, 0.5) is 5.69 Å². The third kappa shape index (κ3) is 3.36. The van der Waals surface area contributed by atoms with E-state index in [1.807, 2.05) is 22.9 Å². The summed E-state index contributed by atoms with van der Waals surface area (Å²) in [6, 6.07) is 27.3. The van der Waals surface area contributed by atoms with E-state index in [1.54, 1.807) is 0 Å². The Bertz CT molecular complexity index is 1040. The molecule has 3 nitrogen and oxygen atoms in total. The van der Waals surface area contributed by atoms with Gasteiger partial charge in [-0.15, -0.1) is 0 Å². The summed E-state index contributed by atoms with van der Waals surface area (Å²) in [6.45, 7) is 2.11. The van der Waals surface area contributed by atoms with E-state index in [0.29, 0.717) is 0 Å². The van der Waals surface area contributed by atoms with Gasteiger partial charge in [0.2, 0.25) is 0 Å². The molecule has 134 valence electrons. The molecule has 1 aromatic heterocycles. The van der Waals surface area contributed by atoms with Gasteiger partial charge >= 0.3 is 0 Å². The van der Waals surface area contributed by atoms with Crippen LogP contribution in [0.15, 0.2) is 85.1 Å². The first-order valence-electron chi connectivity index (χ1n) is 9.12. The average Bonchev–Trinajstić information content (AvgIpc) is 3.14. The molecule has 0 saturated heterocycles. The standard InChI is InChI=1S/C24H23N3/c1-18-13-15-19(16-14-18)24-22(21-11-7-8-12-23(21)26(2)3)17-27(25-24)20-9-5-4-6-10-20/h4-17H,1-3H3. The Morgan fingerprint density at radius 2 is 1.41 bits per heavy atom. The number of anilines is 1. The maximum Gasteiger partial charge on any atom is 0.101 e. The van der Waals surface area contributed by atoms with Crippen LogP contribution in [0.25, 0.3) is 28.1 Å². The fourth-order valence-electron chi connectivity index (χ4n) is 3.30. The summed E-state index contributed by atoms with van der Waals surface area (Å²) in [4.78, 5) is 2.15. The molecule has 0 N–H and O–H groups in total. The molecule has 0 aliphatic carbocycles. The van der Waals surface area contributed by atoms with Gasteiger partial charge in [-0.25, -0.2) is 4.68 Å². The van der Waals surface area contributed by atoms with E-state index < -0.39 is 0 Å². The minimum atomic E-state index is 0.994. The van der Waals surface area contributed by atoms with Gasteiger partial charge in [0.25, 0.3) is 0 Å². The lowest BCUT2D eigenvalue weighted by atomic mass is 9.99. The summed E-state index contributed by atoms with van der Waals surface area (Å²) in [5, 5.41) is 4.96. The summed E-state index contributed by atoms with van der Waals surface area (Å²) in [5.41, 5.74) is 7.91. The highest BCUT2D eigenvalue weighted by Crippen LogP contribution is 2.37. The van der Waals surface area contributed by atoms with Crippen LogP contribution in [0, 0.1) is 6.92 Å². The lowest BCUT2D eigenvalue weighted by Crippen LogP contribution is -2.09. The molecule has 27 heavy (non-hydrogen) atoms. The van der Waals surface area contributed by atoms with Crippen LogP contribution in [0.2, 0.25) is 0 Å². The van der Waals surface area contributed by atoms with Gasteiger partial charge in [-0.05, 0) is 25.1 Å². The second kappa shape index (κ2) is 7.12. The van der Waals surface area contributed by atoms with Crippen molar-refractivity contribution in [2.75, 3.05) is 19.0 Å². The van der Waals surface area contributed by atoms with E-state index >= 15 is 0 Å². The molecular formula is C24H23N3. The number of benzene rings is 3. The first kappa shape index (κ1) is 17.1. The Morgan fingerprint density at radius 3 is 2.11 bits per heavy atom. The van der Waals surface area contributed by atoms with Crippen LogP contribution in [-0.2, 0) is 0 Å². The minimum Gasteiger partial charge on any atom is -0.377 e. The van der Waals surface area contributed by atoms with E-state index in [9.17, 15) is 0 Å². The van der Waals surface area contributed by atoms with Crippen LogP contribution in [0.3, 0.4) is 0 Å². The number of para-hydroxylation sites is 2. The van der Waals surface area contributed by atoms with E-state index in [2.05, 4.69) is 92.8 Å². The number of hydrogen-bond acceptors (Lipinski definition) is 2. The molecule has 4 rings (SSSR count). The summed E-state index contributed by atoms with van der Waals surface area (Å²) in [7, 11) is 4.15. The first-order chi connectivity index (χ1) is 13.1. The smallest absolute Gasteiger partial charge is 0.101 e. The molecule has 1 heterocycles. The summed E-state index contributed by atoms with van der Waals surface area (Å²) >= 11 is 0. The van der Waals surface area contributed by atoms with Gasteiger partial charge < -0.3 is 4.90 Å². The zero-order valence-corrected chi connectivity index (χ0v) is 15.9. The molecular weight excluding hydrogens is 330 g/mol. The Balaban J connectivity index is 1.95. The molecule has 0 fully saturated rings. The number of hydrogen-bond donors (Lipinski definition) is 0. The molecule has 3 heteroatoms. The molecule has 0 saturated carbocycles. The summed E-state index contributed by atoms with van der Waals surface area (Å²) in [5.74, 6) is 0. The second-order valence-corrected chi connectivity index (χ2v) is 6.95. The molecule has 0 bridgehead atoms. The Hall–Kier alpha value is -3.33. The molecule has 0 spiro atoms. The molecule has 3 aromatic carbocycles. The van der Waals surface area contributed by atoms with Crippen LogP contribution in [0.5, 0.6) is 0 Å². The molecule has 0 aliphatic rings. The van der Waals surface area contributed by atoms with Gasteiger partial charge in [0.05, 0.1) is 5.69 Å². The summed E-state index contributed by atoms with van der Waals surface area (Å²) in [6.07, 6.45) is 2.13. The quantitative estimate of drug-likeness (QED) is 0.477. The van der Waals surface area contributed by atoms with Gasteiger partial charge in [-0.2, -0.15) is 5.10 Å². The molecule has 0 amide bonds. The third-order valence-corrected chi connectivity index (χ3v) is 4.74. The highest BCUT2D eigenvalue weighted by Gasteiger charge is 2.17. The van der Waals surface area contributed by atoms with Crippen LogP contribution >= 0.6 is 0 Å². The fraction of sp³-hybridized carbons (Fsp3) is 0.125. The Morgan fingerprint density at radius 1 is 0.741 bits per heavy atom. The number of aromatic nitrogens is 2. The predicted molar refractivity (Wildman–Crippen MR) is 114 cm³/mol. The van der Waals surface area contributed by atoms with Gasteiger partial charge in [-0.3, -0.25) is 0 Å². The molecule has 0 atom stereocenters. The van der Waals surface area contributed by atoms with Gasteiger partial charge in [0.1, 0.15) is 5.69 Å². The van der Waals surface area contributed by atoms with Crippen molar-refractivity contribution in [3.05, 3.63) is 90.6 Å². The number of aryl methyl sites for hydroxylation is 1. The molecule has 0 unspecified atom stereocenters. The maximum absolute atomic E-state index is 4.96. The molecule has 4 aromatic rings. The highest BCUT2D eigenvalue weighted by atomic mass is 15.3. The van der Waals surface area contributed by atoms with Crippen molar-refractivity contribution in [2.24, 2.45) is 0 Å². The van der Waals surface area contributed by atoms with Crippen molar-refractivity contribution in [3.63, 3.8) is 0 Å². The van der Waals surface area contributed by atoms with Crippen molar-refractivity contribution in [1.29, 1.82) is 0 Å². The normalized spacial score (nSPS) is 10.8. The maximum atomic E-state index is 4.96. The third-order valence-electron chi connectivity index (χ3n) is 4.74. The van der Waals surface area contributed by atoms with E-state index in [1.165, 1.54) is 16.8 Å². The minimum absolute atomic E-state index is 0.994. The SMILES string of the molecule is Cc1ccc(-c2nn(-c3ccccc3)cc2-c2ccccc2N(C)C)cc1. The van der Waals surface area contributed by atoms with Gasteiger partial charge in [-0.1, -0.05) is 66.2 Å². The lowest BCUT2D eigenvalue weighted by molar-refractivity contribution is 0.884. The van der Waals surface area contributed by atoms with Crippen molar-refractivity contribution in [2.45, 2.75) is 6.92 Å². The largest absolute Gasteiger partial charge is 0.377 e. The Kier molecular flexibility index (Phi) is 4.51. The van der Waals surface area contributed by atoms with Crippen molar-refractivity contribution in [3.8, 4) is 28.1 Å². The van der Waals surface area contributed by atoms with Crippen molar-refractivity contribution in [1.82, 2.24) is 9.78 Å². The van der Waals surface area contributed by atoms with Crippen LogP contribution < -0.4 is 4.90 Å². The van der Waals surface area contributed by atoms with E-state index in [-0.39, 0.29) is 0 Å². The first-order valence-corrected chi connectivity index (χ1v) is 9.12. The topological polar surface area (TPSA) is 21.1 Å². The fourth-order valence-corrected chi connectivity index (χ4v) is 3.30. The molecule has 0 radical (unpaired) electrons. The van der Waals surface area contributed by atoms with E-state index in [0.717, 1.165) is 22.5 Å². The zero-order valence-electron chi connectivity index (χ0n) is 15.9. The monoisotopic (exact) mass is 353 g/mol. The predicted octanol–water partition coefficient (Wildman–Crippen LogP) is 5.58. The summed E-state index contributed by atoms with van der Waals surface area (Å²) < 4.78 is 1.97. The van der Waals surface area contributed by atoms with Crippen molar-refractivity contribution < 1.29 is 0 Å².